The molecule has 0 atom stereocenters. The standard InChI is InChI=1S/C7H6BrF3N2O/c8-6-1-5(14-7(9,10)11)4(2-12)3-13-6/h1,3H,2,12H2. The van der Waals surface area contributed by atoms with Gasteiger partial charge in [-0.05, 0) is 15.9 Å². The highest BCUT2D eigenvalue weighted by Gasteiger charge is 2.32. The lowest BCUT2D eigenvalue weighted by molar-refractivity contribution is -0.274. The van der Waals surface area contributed by atoms with Crippen molar-refractivity contribution in [2.45, 2.75) is 12.9 Å². The Morgan fingerprint density at radius 1 is 1.50 bits per heavy atom. The predicted molar refractivity (Wildman–Crippen MR) is 46.5 cm³/mol. The van der Waals surface area contributed by atoms with Crippen LogP contribution in [0.15, 0.2) is 16.9 Å². The number of alkyl halides is 3. The molecule has 0 aromatic carbocycles. The average molecular weight is 271 g/mol. The molecule has 1 aromatic rings. The van der Waals surface area contributed by atoms with Crippen LogP contribution < -0.4 is 10.5 Å². The summed E-state index contributed by atoms with van der Waals surface area (Å²) in [7, 11) is 0. The van der Waals surface area contributed by atoms with Crippen molar-refractivity contribution in [3.8, 4) is 5.75 Å². The maximum atomic E-state index is 11.9. The molecular formula is C7H6BrF3N2O. The minimum atomic E-state index is -4.72. The van der Waals surface area contributed by atoms with E-state index in [2.05, 4.69) is 25.7 Å². The molecule has 0 fully saturated rings. The third-order valence-corrected chi connectivity index (χ3v) is 1.79. The van der Waals surface area contributed by atoms with Gasteiger partial charge in [-0.25, -0.2) is 4.98 Å². The molecule has 0 aliphatic rings. The van der Waals surface area contributed by atoms with E-state index in [1.807, 2.05) is 0 Å². The van der Waals surface area contributed by atoms with Gasteiger partial charge < -0.3 is 10.5 Å². The van der Waals surface area contributed by atoms with Crippen LogP contribution in [0.5, 0.6) is 5.75 Å². The Kier molecular flexibility index (Phi) is 3.33. The predicted octanol–water partition coefficient (Wildman–Crippen LogP) is 2.20. The Balaban J connectivity index is 2.99. The van der Waals surface area contributed by atoms with Gasteiger partial charge in [0, 0.05) is 24.4 Å². The third-order valence-electron chi connectivity index (χ3n) is 1.36. The van der Waals surface area contributed by atoms with E-state index in [4.69, 9.17) is 5.73 Å². The molecule has 14 heavy (non-hydrogen) atoms. The third kappa shape index (κ3) is 3.15. The van der Waals surface area contributed by atoms with Crippen molar-refractivity contribution >= 4 is 15.9 Å². The number of nitrogens with two attached hydrogens (primary N) is 1. The second-order valence-corrected chi connectivity index (χ2v) is 3.18. The zero-order valence-electron chi connectivity index (χ0n) is 6.81. The van der Waals surface area contributed by atoms with Gasteiger partial charge in [-0.3, -0.25) is 0 Å². The largest absolute Gasteiger partial charge is 0.573 e. The van der Waals surface area contributed by atoms with E-state index in [0.717, 1.165) is 6.07 Å². The quantitative estimate of drug-likeness (QED) is 0.839. The summed E-state index contributed by atoms with van der Waals surface area (Å²) in [5, 5.41) is 0. The zero-order valence-corrected chi connectivity index (χ0v) is 8.39. The summed E-state index contributed by atoms with van der Waals surface area (Å²) in [5.74, 6) is -0.332. The summed E-state index contributed by atoms with van der Waals surface area (Å²) in [5.41, 5.74) is 5.42. The Hall–Kier alpha value is -0.820. The molecule has 0 aliphatic carbocycles. The molecule has 0 saturated heterocycles. The van der Waals surface area contributed by atoms with Crippen molar-refractivity contribution in [3.05, 3.63) is 22.4 Å². The van der Waals surface area contributed by atoms with Gasteiger partial charge in [0.15, 0.2) is 0 Å². The Morgan fingerprint density at radius 3 is 2.64 bits per heavy atom. The van der Waals surface area contributed by atoms with Crippen LogP contribution in [0.4, 0.5) is 13.2 Å². The summed E-state index contributed by atoms with van der Waals surface area (Å²) < 4.78 is 39.7. The Morgan fingerprint density at radius 2 is 2.14 bits per heavy atom. The second kappa shape index (κ2) is 4.14. The maximum absolute atomic E-state index is 11.9. The van der Waals surface area contributed by atoms with E-state index in [9.17, 15) is 13.2 Å². The molecule has 3 nitrogen and oxygen atoms in total. The molecule has 0 saturated carbocycles. The monoisotopic (exact) mass is 270 g/mol. The molecule has 0 spiro atoms. The highest BCUT2D eigenvalue weighted by molar-refractivity contribution is 9.10. The maximum Gasteiger partial charge on any atom is 0.573 e. The normalized spacial score (nSPS) is 11.5. The first-order valence-corrected chi connectivity index (χ1v) is 4.32. The van der Waals surface area contributed by atoms with Gasteiger partial charge in [0.05, 0.1) is 0 Å². The van der Waals surface area contributed by atoms with Crippen molar-refractivity contribution < 1.29 is 17.9 Å². The molecule has 1 aromatic heterocycles. The minimum absolute atomic E-state index is 0.0638. The van der Waals surface area contributed by atoms with Crippen LogP contribution in [0.2, 0.25) is 0 Å². The molecule has 0 aliphatic heterocycles. The zero-order chi connectivity index (χ0) is 10.8. The van der Waals surface area contributed by atoms with Crippen LogP contribution in [0.25, 0.3) is 0 Å². The van der Waals surface area contributed by atoms with Gasteiger partial charge in [0.1, 0.15) is 10.4 Å². The van der Waals surface area contributed by atoms with E-state index in [-0.39, 0.29) is 22.5 Å². The molecule has 0 unspecified atom stereocenters. The van der Waals surface area contributed by atoms with Crippen LogP contribution >= 0.6 is 15.9 Å². The molecule has 78 valence electrons. The summed E-state index contributed by atoms with van der Waals surface area (Å²) >= 11 is 2.93. The Labute approximate surface area is 86.2 Å². The number of nitrogens with zero attached hydrogens (tertiary/aromatic N) is 1. The molecule has 1 heterocycles. The fourth-order valence-corrected chi connectivity index (χ4v) is 1.12. The summed E-state index contributed by atoms with van der Waals surface area (Å²) in [6.07, 6.45) is -3.49. The number of halogens is 4. The van der Waals surface area contributed by atoms with Gasteiger partial charge in [0.25, 0.3) is 0 Å². The highest BCUT2D eigenvalue weighted by Crippen LogP contribution is 2.27. The van der Waals surface area contributed by atoms with Crippen molar-refractivity contribution in [1.29, 1.82) is 0 Å². The van der Waals surface area contributed by atoms with Crippen molar-refractivity contribution in [1.82, 2.24) is 4.98 Å². The fraction of sp³-hybridized carbons (Fsp3) is 0.286. The molecule has 0 amide bonds. The van der Waals surface area contributed by atoms with E-state index < -0.39 is 6.36 Å². The van der Waals surface area contributed by atoms with Crippen LogP contribution in [0.1, 0.15) is 5.56 Å². The number of ether oxygens (including phenoxy) is 1. The summed E-state index contributed by atoms with van der Waals surface area (Å²) in [6, 6.07) is 1.12. The lowest BCUT2D eigenvalue weighted by Crippen LogP contribution is -2.18. The van der Waals surface area contributed by atoms with Crippen LogP contribution in [-0.4, -0.2) is 11.3 Å². The molecule has 1 rings (SSSR count). The summed E-state index contributed by atoms with van der Waals surface area (Å²) in [6.45, 7) is -0.0638. The van der Waals surface area contributed by atoms with Crippen molar-refractivity contribution in [2.24, 2.45) is 5.73 Å². The lowest BCUT2D eigenvalue weighted by Gasteiger charge is -2.11. The molecular weight excluding hydrogens is 265 g/mol. The van der Waals surface area contributed by atoms with E-state index >= 15 is 0 Å². The Bertz CT molecular complexity index is 329. The topological polar surface area (TPSA) is 48.1 Å². The summed E-state index contributed by atoms with van der Waals surface area (Å²) in [4.78, 5) is 3.73. The first-order valence-electron chi connectivity index (χ1n) is 3.52. The average Bonchev–Trinajstić information content (AvgIpc) is 2.01. The fourth-order valence-electron chi connectivity index (χ4n) is 0.814. The van der Waals surface area contributed by atoms with E-state index in [0.29, 0.717) is 0 Å². The van der Waals surface area contributed by atoms with Gasteiger partial charge in [-0.2, -0.15) is 0 Å². The number of rotatable bonds is 2. The van der Waals surface area contributed by atoms with Crippen LogP contribution in [-0.2, 0) is 6.54 Å². The molecule has 0 bridgehead atoms. The number of pyridine rings is 1. The van der Waals surface area contributed by atoms with Crippen molar-refractivity contribution in [2.75, 3.05) is 0 Å². The van der Waals surface area contributed by atoms with Gasteiger partial charge in [-0.15, -0.1) is 13.2 Å². The molecule has 7 heteroatoms. The van der Waals surface area contributed by atoms with Gasteiger partial charge in [-0.1, -0.05) is 0 Å². The van der Waals surface area contributed by atoms with E-state index in [1.54, 1.807) is 0 Å². The van der Waals surface area contributed by atoms with Gasteiger partial charge in [0.2, 0.25) is 0 Å². The van der Waals surface area contributed by atoms with Gasteiger partial charge >= 0.3 is 6.36 Å². The van der Waals surface area contributed by atoms with Crippen LogP contribution in [0, 0.1) is 0 Å². The SMILES string of the molecule is NCc1cnc(Br)cc1OC(F)(F)F. The minimum Gasteiger partial charge on any atom is -0.405 e. The molecule has 0 radical (unpaired) electrons. The number of hydrogen-bond acceptors (Lipinski definition) is 3. The smallest absolute Gasteiger partial charge is 0.405 e. The van der Waals surface area contributed by atoms with Crippen molar-refractivity contribution in [3.63, 3.8) is 0 Å². The first kappa shape index (κ1) is 11.3. The number of aromatic nitrogens is 1. The second-order valence-electron chi connectivity index (χ2n) is 2.37. The van der Waals surface area contributed by atoms with E-state index in [1.165, 1.54) is 6.20 Å². The first-order chi connectivity index (χ1) is 6.42. The lowest BCUT2D eigenvalue weighted by atomic mass is 10.2. The molecule has 2 N–H and O–H groups in total. The number of hydrogen-bond donors (Lipinski definition) is 1. The van der Waals surface area contributed by atoms with Crippen LogP contribution in [0.3, 0.4) is 0 Å². The highest BCUT2D eigenvalue weighted by atomic mass is 79.9.